The number of anilines is 1. The Hall–Kier alpha value is -3.06. The first-order valence-electron chi connectivity index (χ1n) is 13.3. The summed E-state index contributed by atoms with van der Waals surface area (Å²) in [4.78, 5) is 34.5. The standard InChI is InChI=1S/C29H38N4O3/c1-22(2)18-33-21-25(17-28(33)34)29(35)32-14-15-36-27-9-8-23(16-24(27)20-32)19-30-10-12-31(13-11-30)26-6-4-3-5-7-26/h3-9,16,22,25H,10-15,17-21H2,1-2H3/t25-/m0/s1. The van der Waals surface area contributed by atoms with Crippen LogP contribution in [0.15, 0.2) is 48.5 Å². The number of benzene rings is 2. The van der Waals surface area contributed by atoms with E-state index in [1.807, 2.05) is 9.80 Å². The second-order valence-corrected chi connectivity index (χ2v) is 10.7. The molecule has 0 unspecified atom stereocenters. The van der Waals surface area contributed by atoms with Crippen LogP contribution in [0, 0.1) is 11.8 Å². The van der Waals surface area contributed by atoms with Crippen LogP contribution in [0.3, 0.4) is 0 Å². The molecule has 2 aromatic rings. The number of piperazine rings is 1. The Kier molecular flexibility index (Phi) is 7.46. The number of carbonyl (C=O) groups is 2. The molecule has 7 heteroatoms. The van der Waals surface area contributed by atoms with Crippen LogP contribution in [0.1, 0.15) is 31.4 Å². The minimum atomic E-state index is -0.248. The molecule has 0 radical (unpaired) electrons. The molecular formula is C29H38N4O3. The maximum Gasteiger partial charge on any atom is 0.228 e. The van der Waals surface area contributed by atoms with Gasteiger partial charge in [-0.2, -0.15) is 0 Å². The lowest BCUT2D eigenvalue weighted by Crippen LogP contribution is -2.45. The van der Waals surface area contributed by atoms with Crippen LogP contribution >= 0.6 is 0 Å². The smallest absolute Gasteiger partial charge is 0.228 e. The van der Waals surface area contributed by atoms with Gasteiger partial charge in [0, 0.05) is 70.0 Å². The number of likely N-dealkylation sites (tertiary alicyclic amines) is 1. The van der Waals surface area contributed by atoms with Crippen LogP contribution in [0.4, 0.5) is 5.69 Å². The Morgan fingerprint density at radius 2 is 1.81 bits per heavy atom. The number of carbonyl (C=O) groups excluding carboxylic acids is 2. The Morgan fingerprint density at radius 1 is 1.03 bits per heavy atom. The lowest BCUT2D eigenvalue weighted by molar-refractivity contribution is -0.136. The molecule has 3 heterocycles. The molecule has 0 aromatic heterocycles. The lowest BCUT2D eigenvalue weighted by atomic mass is 10.1. The molecule has 2 aromatic carbocycles. The van der Waals surface area contributed by atoms with Gasteiger partial charge in [-0.05, 0) is 35.7 Å². The molecule has 3 aliphatic heterocycles. The van der Waals surface area contributed by atoms with Crippen molar-refractivity contribution in [2.24, 2.45) is 11.8 Å². The summed E-state index contributed by atoms with van der Waals surface area (Å²) < 4.78 is 6.00. The highest BCUT2D eigenvalue weighted by Crippen LogP contribution is 2.28. The second-order valence-electron chi connectivity index (χ2n) is 10.7. The Balaban J connectivity index is 1.20. The highest BCUT2D eigenvalue weighted by atomic mass is 16.5. The van der Waals surface area contributed by atoms with Crippen molar-refractivity contribution in [3.63, 3.8) is 0 Å². The summed E-state index contributed by atoms with van der Waals surface area (Å²) in [5, 5.41) is 0. The molecule has 2 saturated heterocycles. The van der Waals surface area contributed by atoms with Crippen molar-refractivity contribution < 1.29 is 14.3 Å². The third kappa shape index (κ3) is 5.67. The number of rotatable bonds is 6. The number of hydrogen-bond donors (Lipinski definition) is 0. The number of hydrogen-bond acceptors (Lipinski definition) is 5. The van der Waals surface area contributed by atoms with Crippen LogP contribution in [0.2, 0.25) is 0 Å². The van der Waals surface area contributed by atoms with E-state index in [1.54, 1.807) is 0 Å². The van der Waals surface area contributed by atoms with E-state index < -0.39 is 0 Å². The molecule has 7 nitrogen and oxygen atoms in total. The number of para-hydroxylation sites is 1. The van der Waals surface area contributed by atoms with E-state index in [0.717, 1.165) is 50.6 Å². The molecule has 0 aliphatic carbocycles. The molecule has 2 fully saturated rings. The van der Waals surface area contributed by atoms with Crippen LogP contribution < -0.4 is 9.64 Å². The fraction of sp³-hybridized carbons (Fsp3) is 0.517. The first kappa shape index (κ1) is 24.6. The molecule has 0 N–H and O–H groups in total. The van der Waals surface area contributed by atoms with Crippen molar-refractivity contribution in [1.82, 2.24) is 14.7 Å². The molecule has 3 aliphatic rings. The summed E-state index contributed by atoms with van der Waals surface area (Å²) in [6, 6.07) is 17.0. The monoisotopic (exact) mass is 490 g/mol. The highest BCUT2D eigenvalue weighted by molar-refractivity contribution is 5.89. The van der Waals surface area contributed by atoms with Crippen LogP contribution in [-0.2, 0) is 22.7 Å². The summed E-state index contributed by atoms with van der Waals surface area (Å²) in [5.41, 5.74) is 3.60. The largest absolute Gasteiger partial charge is 0.491 e. The van der Waals surface area contributed by atoms with Gasteiger partial charge >= 0.3 is 0 Å². The molecule has 0 spiro atoms. The minimum absolute atomic E-state index is 0.0773. The first-order chi connectivity index (χ1) is 17.5. The number of amides is 2. The predicted octanol–water partition coefficient (Wildman–Crippen LogP) is 3.23. The lowest BCUT2D eigenvalue weighted by Gasteiger charge is -2.36. The van der Waals surface area contributed by atoms with E-state index in [2.05, 4.69) is 72.2 Å². The maximum atomic E-state index is 13.4. The van der Waals surface area contributed by atoms with Crippen molar-refractivity contribution in [3.05, 3.63) is 59.7 Å². The Labute approximate surface area is 214 Å². The second kappa shape index (κ2) is 10.9. The normalized spacial score (nSPS) is 20.9. The molecular weight excluding hydrogens is 452 g/mol. The molecule has 192 valence electrons. The van der Waals surface area contributed by atoms with E-state index in [-0.39, 0.29) is 17.7 Å². The quantitative estimate of drug-likeness (QED) is 0.622. The Bertz CT molecular complexity index is 1070. The summed E-state index contributed by atoms with van der Waals surface area (Å²) in [6.45, 7) is 12.0. The van der Waals surface area contributed by atoms with E-state index in [4.69, 9.17) is 4.74 Å². The summed E-state index contributed by atoms with van der Waals surface area (Å²) in [7, 11) is 0. The number of ether oxygens (including phenoxy) is 1. The van der Waals surface area contributed by atoms with Crippen molar-refractivity contribution in [2.45, 2.75) is 33.4 Å². The van der Waals surface area contributed by atoms with Crippen molar-refractivity contribution in [1.29, 1.82) is 0 Å². The van der Waals surface area contributed by atoms with Gasteiger partial charge in [-0.25, -0.2) is 0 Å². The third-order valence-electron chi connectivity index (χ3n) is 7.47. The first-order valence-corrected chi connectivity index (χ1v) is 13.3. The topological polar surface area (TPSA) is 56.3 Å². The molecule has 1 atom stereocenters. The zero-order chi connectivity index (χ0) is 25.1. The molecule has 0 bridgehead atoms. The van der Waals surface area contributed by atoms with Gasteiger partial charge in [0.05, 0.1) is 12.5 Å². The van der Waals surface area contributed by atoms with Crippen molar-refractivity contribution >= 4 is 17.5 Å². The molecule has 36 heavy (non-hydrogen) atoms. The van der Waals surface area contributed by atoms with Gasteiger partial charge in [-0.1, -0.05) is 38.1 Å². The zero-order valence-corrected chi connectivity index (χ0v) is 21.6. The van der Waals surface area contributed by atoms with Crippen LogP contribution in [0.5, 0.6) is 5.75 Å². The van der Waals surface area contributed by atoms with E-state index in [0.29, 0.717) is 38.6 Å². The van der Waals surface area contributed by atoms with Gasteiger partial charge in [-0.3, -0.25) is 14.5 Å². The van der Waals surface area contributed by atoms with E-state index >= 15 is 0 Å². The third-order valence-corrected chi connectivity index (χ3v) is 7.47. The summed E-state index contributed by atoms with van der Waals surface area (Å²) in [6.07, 6.45) is 0.324. The van der Waals surface area contributed by atoms with E-state index in [1.165, 1.54) is 11.3 Å². The molecule has 2 amide bonds. The summed E-state index contributed by atoms with van der Waals surface area (Å²) in [5.74, 6) is 1.20. The fourth-order valence-corrected chi connectivity index (χ4v) is 5.61. The molecule has 0 saturated carbocycles. The highest BCUT2D eigenvalue weighted by Gasteiger charge is 2.37. The SMILES string of the molecule is CC(C)CN1C[C@@H](C(=O)N2CCOc3ccc(CN4CCN(c5ccccc5)CC4)cc3C2)CC1=O. The minimum Gasteiger partial charge on any atom is -0.491 e. The number of fused-ring (bicyclic) bond motifs is 1. The van der Waals surface area contributed by atoms with Gasteiger partial charge in [0.25, 0.3) is 0 Å². The van der Waals surface area contributed by atoms with Gasteiger partial charge < -0.3 is 19.4 Å². The van der Waals surface area contributed by atoms with Gasteiger partial charge in [0.2, 0.25) is 11.8 Å². The van der Waals surface area contributed by atoms with E-state index in [9.17, 15) is 9.59 Å². The van der Waals surface area contributed by atoms with Gasteiger partial charge in [0.15, 0.2) is 0 Å². The van der Waals surface area contributed by atoms with Gasteiger partial charge in [0.1, 0.15) is 12.4 Å². The predicted molar refractivity (Wildman–Crippen MR) is 141 cm³/mol. The number of nitrogens with zero attached hydrogens (tertiary/aromatic N) is 4. The zero-order valence-electron chi connectivity index (χ0n) is 21.6. The molecule has 5 rings (SSSR count). The average molecular weight is 491 g/mol. The fourth-order valence-electron chi connectivity index (χ4n) is 5.61. The van der Waals surface area contributed by atoms with Crippen LogP contribution in [-0.4, -0.2) is 78.9 Å². The van der Waals surface area contributed by atoms with Crippen molar-refractivity contribution in [3.8, 4) is 5.75 Å². The van der Waals surface area contributed by atoms with Gasteiger partial charge in [-0.15, -0.1) is 0 Å². The maximum absolute atomic E-state index is 13.4. The Morgan fingerprint density at radius 3 is 2.56 bits per heavy atom. The van der Waals surface area contributed by atoms with Crippen molar-refractivity contribution in [2.75, 3.05) is 57.3 Å². The summed E-state index contributed by atoms with van der Waals surface area (Å²) >= 11 is 0. The van der Waals surface area contributed by atoms with Crippen LogP contribution in [0.25, 0.3) is 0 Å². The average Bonchev–Trinajstić information content (AvgIpc) is 3.10.